The smallest absolute Gasteiger partial charge is 0.274 e. The van der Waals surface area contributed by atoms with Gasteiger partial charge in [0.15, 0.2) is 0 Å². The lowest BCUT2D eigenvalue weighted by atomic mass is 10.1. The molecule has 1 aliphatic carbocycles. The number of fused-ring (bicyclic) bond motifs is 1. The van der Waals surface area contributed by atoms with Crippen molar-refractivity contribution < 1.29 is 9.63 Å². The van der Waals surface area contributed by atoms with Gasteiger partial charge in [-0.25, -0.2) is 5.06 Å². The van der Waals surface area contributed by atoms with E-state index >= 15 is 0 Å². The topological polar surface area (TPSA) is 47.4 Å². The van der Waals surface area contributed by atoms with Gasteiger partial charge in [-0.2, -0.15) is 5.10 Å². The SMILES string of the molecule is CCc1nn(CC2CC2)c2cc(C(=O)N(C)OC)ccc12. The standard InChI is InChI=1S/C16H21N3O2/c1-4-14-13-8-7-12(16(20)18(2)21-3)9-15(13)19(17-14)10-11-5-6-11/h7-9,11H,4-6,10H2,1-3H3. The number of amides is 1. The van der Waals surface area contributed by atoms with Crippen molar-refractivity contribution in [3.63, 3.8) is 0 Å². The zero-order valence-corrected chi connectivity index (χ0v) is 12.8. The molecule has 112 valence electrons. The van der Waals surface area contributed by atoms with Crippen molar-refractivity contribution >= 4 is 16.8 Å². The summed E-state index contributed by atoms with van der Waals surface area (Å²) in [5.74, 6) is 0.607. The van der Waals surface area contributed by atoms with Crippen LogP contribution in [0.1, 0.15) is 35.8 Å². The molecule has 1 fully saturated rings. The van der Waals surface area contributed by atoms with Crippen molar-refractivity contribution in [1.82, 2.24) is 14.8 Å². The lowest BCUT2D eigenvalue weighted by molar-refractivity contribution is -0.0756. The molecule has 1 amide bonds. The molecule has 1 aliphatic rings. The summed E-state index contributed by atoms with van der Waals surface area (Å²) in [5.41, 5.74) is 2.78. The Morgan fingerprint density at radius 2 is 2.24 bits per heavy atom. The molecule has 1 aromatic carbocycles. The van der Waals surface area contributed by atoms with Crippen molar-refractivity contribution in [3.8, 4) is 0 Å². The quantitative estimate of drug-likeness (QED) is 0.794. The molecule has 2 aromatic rings. The highest BCUT2D eigenvalue weighted by molar-refractivity contribution is 5.97. The minimum absolute atomic E-state index is 0.142. The number of aromatic nitrogens is 2. The maximum Gasteiger partial charge on any atom is 0.277 e. The third-order valence-electron chi connectivity index (χ3n) is 4.10. The predicted molar refractivity (Wildman–Crippen MR) is 80.9 cm³/mol. The van der Waals surface area contributed by atoms with Crippen LogP contribution in [-0.4, -0.2) is 34.9 Å². The highest BCUT2D eigenvalue weighted by atomic mass is 16.7. The van der Waals surface area contributed by atoms with E-state index in [1.165, 1.54) is 25.0 Å². The minimum Gasteiger partial charge on any atom is -0.274 e. The summed E-state index contributed by atoms with van der Waals surface area (Å²) in [6.45, 7) is 3.06. The second-order valence-corrected chi connectivity index (χ2v) is 5.64. The zero-order valence-electron chi connectivity index (χ0n) is 12.8. The molecule has 0 aliphatic heterocycles. The Balaban J connectivity index is 2.03. The van der Waals surface area contributed by atoms with E-state index in [0.717, 1.165) is 35.5 Å². The van der Waals surface area contributed by atoms with E-state index in [2.05, 4.69) is 11.6 Å². The predicted octanol–water partition coefficient (Wildman–Crippen LogP) is 2.64. The highest BCUT2D eigenvalue weighted by Gasteiger charge is 2.24. The number of carbonyl (C=O) groups excluding carboxylic acids is 1. The van der Waals surface area contributed by atoms with E-state index < -0.39 is 0 Å². The number of carbonyl (C=O) groups is 1. The molecule has 0 unspecified atom stereocenters. The van der Waals surface area contributed by atoms with Gasteiger partial charge in [-0.1, -0.05) is 13.0 Å². The van der Waals surface area contributed by atoms with Crippen LogP contribution in [0.3, 0.4) is 0 Å². The maximum absolute atomic E-state index is 12.2. The highest BCUT2D eigenvalue weighted by Crippen LogP contribution is 2.32. The van der Waals surface area contributed by atoms with Crippen molar-refractivity contribution in [1.29, 1.82) is 0 Å². The van der Waals surface area contributed by atoms with E-state index in [1.54, 1.807) is 7.05 Å². The molecule has 1 aromatic heterocycles. The molecule has 21 heavy (non-hydrogen) atoms. The molecule has 0 atom stereocenters. The van der Waals surface area contributed by atoms with E-state index in [-0.39, 0.29) is 5.91 Å². The Hall–Kier alpha value is -1.88. The second kappa shape index (κ2) is 5.48. The molecule has 5 nitrogen and oxygen atoms in total. The summed E-state index contributed by atoms with van der Waals surface area (Å²) < 4.78 is 2.06. The van der Waals surface area contributed by atoms with Crippen LogP contribution in [0.5, 0.6) is 0 Å². The molecule has 3 rings (SSSR count). The van der Waals surface area contributed by atoms with Gasteiger partial charge in [0.1, 0.15) is 0 Å². The summed E-state index contributed by atoms with van der Waals surface area (Å²) >= 11 is 0. The van der Waals surface area contributed by atoms with Gasteiger partial charge in [0.05, 0.1) is 18.3 Å². The van der Waals surface area contributed by atoms with Crippen molar-refractivity contribution in [2.45, 2.75) is 32.7 Å². The molecular formula is C16H21N3O2. The molecule has 1 saturated carbocycles. The molecule has 0 N–H and O–H groups in total. The first-order chi connectivity index (χ1) is 10.1. The summed E-state index contributed by atoms with van der Waals surface area (Å²) in [4.78, 5) is 17.2. The van der Waals surface area contributed by atoms with Crippen molar-refractivity contribution in [3.05, 3.63) is 29.5 Å². The summed E-state index contributed by atoms with van der Waals surface area (Å²) in [6.07, 6.45) is 3.47. The fourth-order valence-electron chi connectivity index (χ4n) is 2.59. The fraction of sp³-hybridized carbons (Fsp3) is 0.500. The van der Waals surface area contributed by atoms with Crippen molar-refractivity contribution in [2.75, 3.05) is 14.2 Å². The van der Waals surface area contributed by atoms with E-state index in [4.69, 9.17) is 9.94 Å². The van der Waals surface area contributed by atoms with Crippen LogP contribution >= 0.6 is 0 Å². The molecule has 1 heterocycles. The monoisotopic (exact) mass is 287 g/mol. The Morgan fingerprint density at radius 1 is 1.48 bits per heavy atom. The first-order valence-corrected chi connectivity index (χ1v) is 7.45. The van der Waals surface area contributed by atoms with Gasteiger partial charge in [-0.05, 0) is 37.3 Å². The summed E-state index contributed by atoms with van der Waals surface area (Å²) in [7, 11) is 3.11. The number of hydrogen-bond donors (Lipinski definition) is 0. The van der Waals surface area contributed by atoms with Crippen LogP contribution in [0.15, 0.2) is 18.2 Å². The van der Waals surface area contributed by atoms with E-state index in [9.17, 15) is 4.79 Å². The van der Waals surface area contributed by atoms with Gasteiger partial charge in [0, 0.05) is 24.5 Å². The fourth-order valence-corrected chi connectivity index (χ4v) is 2.59. The van der Waals surface area contributed by atoms with Gasteiger partial charge in [0.25, 0.3) is 5.91 Å². The van der Waals surface area contributed by atoms with Crippen LogP contribution in [0.2, 0.25) is 0 Å². The van der Waals surface area contributed by atoms with Crippen LogP contribution < -0.4 is 0 Å². The summed E-state index contributed by atoms with van der Waals surface area (Å²) in [5, 5.41) is 7.10. The van der Waals surface area contributed by atoms with Gasteiger partial charge in [0.2, 0.25) is 0 Å². The summed E-state index contributed by atoms with van der Waals surface area (Å²) in [6, 6.07) is 5.78. The van der Waals surface area contributed by atoms with Gasteiger partial charge in [-0.15, -0.1) is 0 Å². The molecule has 0 saturated heterocycles. The Morgan fingerprint density at radius 3 is 2.86 bits per heavy atom. The van der Waals surface area contributed by atoms with E-state index in [0.29, 0.717) is 5.56 Å². The van der Waals surface area contributed by atoms with E-state index in [1.807, 2.05) is 18.2 Å². The number of nitrogens with zero attached hydrogens (tertiary/aromatic N) is 3. The third-order valence-corrected chi connectivity index (χ3v) is 4.10. The molecule has 0 bridgehead atoms. The maximum atomic E-state index is 12.2. The normalized spacial score (nSPS) is 14.6. The zero-order chi connectivity index (χ0) is 15.0. The van der Waals surface area contributed by atoms with Crippen LogP contribution in [0.4, 0.5) is 0 Å². The molecule has 5 heteroatoms. The molecule has 0 spiro atoms. The van der Waals surface area contributed by atoms with Gasteiger partial charge in [-0.3, -0.25) is 14.3 Å². The minimum atomic E-state index is -0.142. The number of benzene rings is 1. The van der Waals surface area contributed by atoms with Crippen LogP contribution in [-0.2, 0) is 17.8 Å². The number of hydrogen-bond acceptors (Lipinski definition) is 3. The largest absolute Gasteiger partial charge is 0.277 e. The lowest BCUT2D eigenvalue weighted by Crippen LogP contribution is -2.25. The third kappa shape index (κ3) is 2.65. The Bertz CT molecular complexity index is 673. The molecular weight excluding hydrogens is 266 g/mol. The first-order valence-electron chi connectivity index (χ1n) is 7.45. The van der Waals surface area contributed by atoms with Crippen LogP contribution in [0, 0.1) is 5.92 Å². The van der Waals surface area contributed by atoms with Gasteiger partial charge < -0.3 is 0 Å². The Kier molecular flexibility index (Phi) is 3.68. The number of aryl methyl sites for hydroxylation is 1. The van der Waals surface area contributed by atoms with Crippen LogP contribution in [0.25, 0.3) is 10.9 Å². The Labute approximate surface area is 124 Å². The second-order valence-electron chi connectivity index (χ2n) is 5.64. The first kappa shape index (κ1) is 14.1. The lowest BCUT2D eigenvalue weighted by Gasteiger charge is -2.13. The van der Waals surface area contributed by atoms with Gasteiger partial charge >= 0.3 is 0 Å². The average molecular weight is 287 g/mol. The molecule has 0 radical (unpaired) electrons. The average Bonchev–Trinajstić information content (AvgIpc) is 3.26. The number of rotatable bonds is 5. The number of hydroxylamine groups is 2. The van der Waals surface area contributed by atoms with Crippen molar-refractivity contribution in [2.24, 2.45) is 5.92 Å².